The molecule has 2 N–H and O–H groups in total. The van der Waals surface area contributed by atoms with Gasteiger partial charge in [0.15, 0.2) is 6.61 Å². The third kappa shape index (κ3) is 7.62. The van der Waals surface area contributed by atoms with Crippen molar-refractivity contribution in [3.05, 3.63) is 77.9 Å². The Morgan fingerprint density at radius 1 is 1.24 bits per heavy atom. The first kappa shape index (κ1) is 25.3. The number of halogens is 1. The molecule has 2 atom stereocenters. The molecule has 0 spiro atoms. The number of rotatable bonds is 11. The minimum atomic E-state index is -0.578. The largest absolute Gasteiger partial charge is 0.484 e. The van der Waals surface area contributed by atoms with Crippen LogP contribution in [0.15, 0.2) is 61.1 Å². The summed E-state index contributed by atoms with van der Waals surface area (Å²) in [6, 6.07) is 9.24. The number of pyridine rings is 1. The average Bonchev–Trinajstić information content (AvgIpc) is 3.63. The van der Waals surface area contributed by atoms with E-state index in [1.807, 2.05) is 31.2 Å². The van der Waals surface area contributed by atoms with Gasteiger partial charge in [-0.2, -0.15) is 0 Å². The van der Waals surface area contributed by atoms with Crippen molar-refractivity contribution >= 4 is 49.4 Å². The zero-order chi connectivity index (χ0) is 24.0. The van der Waals surface area contributed by atoms with E-state index in [1.165, 1.54) is 12.8 Å². The normalized spacial score (nSPS) is 13.7. The summed E-state index contributed by atoms with van der Waals surface area (Å²) in [4.78, 5) is 29.0. The third-order valence-electron chi connectivity index (χ3n) is 5.21. The molecule has 2 unspecified atom stereocenters. The van der Waals surface area contributed by atoms with Gasteiger partial charge in [-0.1, -0.05) is 25.3 Å². The fraction of sp³-hybridized carbons (Fsp3) is 0.292. The van der Waals surface area contributed by atoms with E-state index in [4.69, 9.17) is 7.80 Å². The van der Waals surface area contributed by atoms with Gasteiger partial charge in [0.1, 0.15) is 40.6 Å². The molecule has 1 aliphatic rings. The molecule has 1 heterocycles. The van der Waals surface area contributed by atoms with Crippen LogP contribution in [0.3, 0.4) is 0 Å². The van der Waals surface area contributed by atoms with Gasteiger partial charge in [0.25, 0.3) is 11.8 Å². The number of carbonyl (C=O) groups is 2. The van der Waals surface area contributed by atoms with E-state index in [-0.39, 0.29) is 24.8 Å². The van der Waals surface area contributed by atoms with E-state index in [0.717, 1.165) is 16.4 Å². The predicted octanol–water partition coefficient (Wildman–Crippen LogP) is 3.85. The van der Waals surface area contributed by atoms with Gasteiger partial charge < -0.3 is 18.4 Å². The number of carbonyl (C=O) groups excluding carboxylic acids is 2. The van der Waals surface area contributed by atoms with Gasteiger partial charge in [0.05, 0.1) is 0 Å². The van der Waals surface area contributed by atoms with Gasteiger partial charge in [0, 0.05) is 24.0 Å². The highest BCUT2D eigenvalue weighted by Crippen LogP contribution is 2.39. The molecule has 174 valence electrons. The van der Waals surface area contributed by atoms with Crippen molar-refractivity contribution in [2.24, 2.45) is 0 Å². The van der Waals surface area contributed by atoms with Crippen LogP contribution in [0.5, 0.6) is 5.75 Å². The highest BCUT2D eigenvalue weighted by Gasteiger charge is 2.24. The van der Waals surface area contributed by atoms with Crippen LogP contribution in [0.25, 0.3) is 0 Å². The second kappa shape index (κ2) is 11.7. The average molecular weight is 579 g/mol. The van der Waals surface area contributed by atoms with E-state index in [1.54, 1.807) is 35.3 Å². The maximum Gasteiger partial charge on any atom is 0.273 e. The Balaban J connectivity index is 1.45. The zero-order valence-electron chi connectivity index (χ0n) is 18.4. The molecule has 0 radical (unpaired) electrons. The Labute approximate surface area is 210 Å². The highest BCUT2D eigenvalue weighted by molar-refractivity contribution is 14.1. The molecule has 1 aromatic heterocycles. The Hall–Kier alpha value is -2.29. The van der Waals surface area contributed by atoms with Gasteiger partial charge in [-0.25, -0.2) is 0 Å². The van der Waals surface area contributed by atoms with Crippen LogP contribution >= 0.6 is 32.2 Å². The second-order valence-corrected chi connectivity index (χ2v) is 9.10. The number of aryl methyl sites for hydroxylation is 1. The minimum absolute atomic E-state index is 0.166. The first-order valence-electron chi connectivity index (χ1n) is 10.5. The SMILES string of the molecule is C=C(CC(OI)C(=C)NC(=O)COc1ccc(C)c(P)c1)NC(=O)c1ccc(C2CC2)cn1. The molecule has 7 nitrogen and oxygen atoms in total. The van der Waals surface area contributed by atoms with Crippen molar-refractivity contribution in [1.29, 1.82) is 0 Å². The highest BCUT2D eigenvalue weighted by atomic mass is 127. The van der Waals surface area contributed by atoms with Crippen molar-refractivity contribution in [2.45, 2.75) is 38.2 Å². The van der Waals surface area contributed by atoms with Crippen molar-refractivity contribution in [3.8, 4) is 5.75 Å². The summed E-state index contributed by atoms with van der Waals surface area (Å²) in [6.45, 7) is 9.60. The molecule has 3 rings (SSSR count). The number of aromatic nitrogens is 1. The summed E-state index contributed by atoms with van der Waals surface area (Å²) >= 11 is 1.73. The Kier molecular flexibility index (Phi) is 9.00. The molecule has 1 saturated carbocycles. The van der Waals surface area contributed by atoms with Crippen LogP contribution in [-0.2, 0) is 7.86 Å². The Morgan fingerprint density at radius 2 is 2.00 bits per heavy atom. The van der Waals surface area contributed by atoms with Crippen LogP contribution in [-0.4, -0.2) is 29.5 Å². The van der Waals surface area contributed by atoms with Gasteiger partial charge in [0.2, 0.25) is 0 Å². The topological polar surface area (TPSA) is 89.5 Å². The fourth-order valence-electron chi connectivity index (χ4n) is 3.06. The first-order chi connectivity index (χ1) is 15.8. The maximum atomic E-state index is 12.4. The number of nitrogens with zero attached hydrogens (tertiary/aromatic N) is 1. The Morgan fingerprint density at radius 3 is 2.61 bits per heavy atom. The molecule has 1 aliphatic carbocycles. The van der Waals surface area contributed by atoms with Crippen LogP contribution in [0.2, 0.25) is 0 Å². The summed E-state index contributed by atoms with van der Waals surface area (Å²) in [6.07, 6.45) is 3.77. The van der Waals surface area contributed by atoms with Crippen LogP contribution in [0.4, 0.5) is 0 Å². The molecular formula is C24H27IN3O4P. The minimum Gasteiger partial charge on any atom is -0.484 e. The second-order valence-electron chi connectivity index (χ2n) is 7.97. The first-order valence-corrected chi connectivity index (χ1v) is 11.9. The van der Waals surface area contributed by atoms with E-state index in [2.05, 4.69) is 38.0 Å². The molecular weight excluding hydrogens is 552 g/mol. The monoisotopic (exact) mass is 579 g/mol. The molecule has 2 amide bonds. The van der Waals surface area contributed by atoms with Gasteiger partial charge >= 0.3 is 0 Å². The van der Waals surface area contributed by atoms with Crippen molar-refractivity contribution in [3.63, 3.8) is 0 Å². The molecule has 9 heteroatoms. The molecule has 0 aliphatic heterocycles. The quantitative estimate of drug-likeness (QED) is 0.312. The molecule has 0 saturated heterocycles. The smallest absolute Gasteiger partial charge is 0.273 e. The lowest BCUT2D eigenvalue weighted by Gasteiger charge is -2.19. The Bertz CT molecular complexity index is 1050. The molecule has 0 bridgehead atoms. The molecule has 1 aromatic carbocycles. The van der Waals surface area contributed by atoms with E-state index >= 15 is 0 Å². The lowest BCUT2D eigenvalue weighted by molar-refractivity contribution is -0.122. The van der Waals surface area contributed by atoms with E-state index in [9.17, 15) is 9.59 Å². The maximum absolute atomic E-state index is 12.4. The number of hydrogen-bond donors (Lipinski definition) is 2. The van der Waals surface area contributed by atoms with Crippen LogP contribution < -0.4 is 20.7 Å². The van der Waals surface area contributed by atoms with Crippen molar-refractivity contribution in [2.75, 3.05) is 6.61 Å². The lowest BCUT2D eigenvalue weighted by atomic mass is 10.1. The summed E-state index contributed by atoms with van der Waals surface area (Å²) in [5.41, 5.74) is 3.37. The molecule has 2 aromatic rings. The van der Waals surface area contributed by atoms with Crippen molar-refractivity contribution < 1.29 is 17.4 Å². The van der Waals surface area contributed by atoms with Crippen LogP contribution in [0.1, 0.15) is 46.8 Å². The fourth-order valence-corrected chi connectivity index (χ4v) is 3.81. The van der Waals surface area contributed by atoms with E-state index < -0.39 is 6.10 Å². The summed E-state index contributed by atoms with van der Waals surface area (Å²) in [5.74, 6) is 0.476. The predicted molar refractivity (Wildman–Crippen MR) is 140 cm³/mol. The number of nitrogens with one attached hydrogen (secondary N) is 2. The standard InChI is InChI=1S/C24H27IN3O4P/c1-14-4-8-19(11-22(14)33)31-13-23(29)28-16(3)21(32-25)10-15(2)27-24(30)20-9-7-18(12-26-20)17-5-6-17/h4,7-9,11-12,17,21H,2-3,5-6,10,13,33H2,1H3,(H,27,30)(H,28,29). The third-order valence-corrected chi connectivity index (χ3v) is 6.44. The van der Waals surface area contributed by atoms with Crippen molar-refractivity contribution in [1.82, 2.24) is 15.6 Å². The number of amides is 2. The number of benzene rings is 1. The number of hydrogen-bond acceptors (Lipinski definition) is 5. The van der Waals surface area contributed by atoms with Crippen LogP contribution in [0, 0.1) is 6.92 Å². The number of ether oxygens (including phenoxy) is 1. The summed E-state index contributed by atoms with van der Waals surface area (Å²) in [5, 5.41) is 6.42. The van der Waals surface area contributed by atoms with Gasteiger partial charge in [-0.15, -0.1) is 9.24 Å². The zero-order valence-corrected chi connectivity index (χ0v) is 21.7. The molecule has 33 heavy (non-hydrogen) atoms. The summed E-state index contributed by atoms with van der Waals surface area (Å²) in [7, 11) is 2.63. The van der Waals surface area contributed by atoms with E-state index in [0.29, 0.717) is 28.8 Å². The van der Waals surface area contributed by atoms with Gasteiger partial charge in [-0.3, -0.25) is 14.6 Å². The lowest BCUT2D eigenvalue weighted by Crippen LogP contribution is -2.34. The van der Waals surface area contributed by atoms with Gasteiger partial charge in [-0.05, 0) is 60.3 Å². The summed E-state index contributed by atoms with van der Waals surface area (Å²) < 4.78 is 10.9. The molecule has 1 fully saturated rings.